The number of likely N-dealkylation sites (N-methyl/N-ethyl adjacent to an activating group) is 1. The number of nitrogens with zero attached hydrogens (tertiary/aromatic N) is 2. The van der Waals surface area contributed by atoms with Crippen molar-refractivity contribution in [2.24, 2.45) is 0 Å². The van der Waals surface area contributed by atoms with E-state index in [-0.39, 0.29) is 5.91 Å². The van der Waals surface area contributed by atoms with Gasteiger partial charge in [-0.1, -0.05) is 12.1 Å². The summed E-state index contributed by atoms with van der Waals surface area (Å²) >= 11 is 0. The summed E-state index contributed by atoms with van der Waals surface area (Å²) in [7, 11) is 5.90. The van der Waals surface area contributed by atoms with Gasteiger partial charge in [0, 0.05) is 49.8 Å². The minimum atomic E-state index is -0.0345. The van der Waals surface area contributed by atoms with Crippen LogP contribution in [0.5, 0.6) is 0 Å². The highest BCUT2D eigenvalue weighted by atomic mass is 16.5. The topological polar surface area (TPSA) is 56.8 Å². The molecule has 6 nitrogen and oxygen atoms in total. The highest BCUT2D eigenvalue weighted by molar-refractivity contribution is 5.90. The second-order valence-corrected chi connectivity index (χ2v) is 7.74. The minimum absolute atomic E-state index is 0.0345. The van der Waals surface area contributed by atoms with E-state index in [9.17, 15) is 4.79 Å². The predicted molar refractivity (Wildman–Crippen MR) is 120 cm³/mol. The highest BCUT2D eigenvalue weighted by Gasteiger charge is 2.23. The molecule has 1 saturated heterocycles. The van der Waals surface area contributed by atoms with Gasteiger partial charge in [0.2, 0.25) is 5.91 Å². The highest BCUT2D eigenvalue weighted by Crippen LogP contribution is 2.24. The fourth-order valence-corrected chi connectivity index (χ4v) is 3.52. The Kier molecular flexibility index (Phi) is 7.49. The molecule has 29 heavy (non-hydrogen) atoms. The monoisotopic (exact) mass is 396 g/mol. The van der Waals surface area contributed by atoms with Crippen LogP contribution in [0.4, 0.5) is 17.1 Å². The number of hydrogen-bond donors (Lipinski definition) is 2. The lowest BCUT2D eigenvalue weighted by Crippen LogP contribution is -2.31. The maximum absolute atomic E-state index is 11.7. The van der Waals surface area contributed by atoms with E-state index in [0.29, 0.717) is 19.1 Å². The van der Waals surface area contributed by atoms with Crippen molar-refractivity contribution >= 4 is 23.0 Å². The fraction of sp³-hybridized carbons (Fsp3) is 0.435. The summed E-state index contributed by atoms with van der Waals surface area (Å²) in [5, 5.41) is 6.34. The SMILES string of the molecule is COCCC(=O)Nc1ccc(CNc2ccc(N3CCC(N(C)C)C3)cc2)cc1. The van der Waals surface area contributed by atoms with E-state index in [1.807, 2.05) is 24.3 Å². The molecule has 0 bridgehead atoms. The summed E-state index contributed by atoms with van der Waals surface area (Å²) in [6.45, 7) is 3.38. The van der Waals surface area contributed by atoms with Crippen LogP contribution in [0.2, 0.25) is 0 Å². The Hall–Kier alpha value is -2.57. The standard InChI is InChI=1S/C23H32N4O2/c1-26(2)22-12-14-27(17-22)21-10-8-19(9-11-21)24-16-18-4-6-20(7-5-18)25-23(28)13-15-29-3/h4-11,22,24H,12-17H2,1-3H3,(H,25,28). The number of nitrogens with one attached hydrogen (secondary N) is 2. The Morgan fingerprint density at radius 2 is 1.79 bits per heavy atom. The van der Waals surface area contributed by atoms with Crippen molar-refractivity contribution in [1.29, 1.82) is 0 Å². The number of amides is 1. The van der Waals surface area contributed by atoms with Crippen LogP contribution in [0.15, 0.2) is 48.5 Å². The Bertz CT molecular complexity index is 774. The van der Waals surface area contributed by atoms with E-state index in [1.54, 1.807) is 7.11 Å². The number of rotatable bonds is 9. The molecule has 2 aromatic rings. The average molecular weight is 397 g/mol. The number of carbonyl (C=O) groups is 1. The van der Waals surface area contributed by atoms with Gasteiger partial charge in [0.1, 0.15) is 0 Å². The van der Waals surface area contributed by atoms with Crippen LogP contribution >= 0.6 is 0 Å². The van der Waals surface area contributed by atoms with Gasteiger partial charge >= 0.3 is 0 Å². The molecule has 1 aliphatic heterocycles. The lowest BCUT2D eigenvalue weighted by atomic mass is 10.2. The molecule has 0 aromatic heterocycles. The molecule has 3 rings (SSSR count). The first kappa shape index (κ1) is 21.1. The van der Waals surface area contributed by atoms with Gasteiger partial charge in [-0.25, -0.2) is 0 Å². The Balaban J connectivity index is 1.47. The smallest absolute Gasteiger partial charge is 0.226 e. The van der Waals surface area contributed by atoms with E-state index < -0.39 is 0 Å². The Labute approximate surface area is 173 Å². The fourth-order valence-electron chi connectivity index (χ4n) is 3.52. The van der Waals surface area contributed by atoms with Crippen molar-refractivity contribution in [3.63, 3.8) is 0 Å². The van der Waals surface area contributed by atoms with Crippen LogP contribution in [-0.2, 0) is 16.1 Å². The van der Waals surface area contributed by atoms with Crippen molar-refractivity contribution in [3.05, 3.63) is 54.1 Å². The van der Waals surface area contributed by atoms with Gasteiger partial charge in [-0.2, -0.15) is 0 Å². The van der Waals surface area contributed by atoms with Gasteiger partial charge in [-0.05, 0) is 62.5 Å². The molecule has 1 atom stereocenters. The molecule has 1 amide bonds. The summed E-state index contributed by atoms with van der Waals surface area (Å²) in [5.74, 6) is -0.0345. The van der Waals surface area contributed by atoms with Crippen LogP contribution < -0.4 is 15.5 Å². The van der Waals surface area contributed by atoms with Gasteiger partial charge in [-0.15, -0.1) is 0 Å². The number of anilines is 3. The van der Waals surface area contributed by atoms with Crippen molar-refractivity contribution in [2.75, 3.05) is 56.4 Å². The molecule has 0 radical (unpaired) electrons. The molecule has 1 unspecified atom stereocenters. The van der Waals surface area contributed by atoms with Gasteiger partial charge in [0.25, 0.3) is 0 Å². The number of methoxy groups -OCH3 is 1. The number of carbonyl (C=O) groups excluding carboxylic acids is 1. The second kappa shape index (κ2) is 10.3. The Morgan fingerprint density at radius 1 is 1.10 bits per heavy atom. The second-order valence-electron chi connectivity index (χ2n) is 7.74. The first-order valence-corrected chi connectivity index (χ1v) is 10.2. The van der Waals surface area contributed by atoms with Gasteiger partial charge in [-0.3, -0.25) is 4.79 Å². The summed E-state index contributed by atoms with van der Waals surface area (Å²) in [4.78, 5) is 16.5. The zero-order valence-electron chi connectivity index (χ0n) is 17.6. The minimum Gasteiger partial charge on any atom is -0.384 e. The van der Waals surface area contributed by atoms with E-state index in [1.165, 1.54) is 12.1 Å². The lowest BCUT2D eigenvalue weighted by molar-refractivity contribution is -0.117. The largest absolute Gasteiger partial charge is 0.384 e. The molecular formula is C23H32N4O2. The molecule has 6 heteroatoms. The van der Waals surface area contributed by atoms with E-state index in [2.05, 4.69) is 58.8 Å². The predicted octanol–water partition coefficient (Wildman–Crippen LogP) is 3.41. The van der Waals surface area contributed by atoms with Crippen molar-refractivity contribution in [3.8, 4) is 0 Å². The number of ether oxygens (including phenoxy) is 1. The van der Waals surface area contributed by atoms with Gasteiger partial charge in [0.05, 0.1) is 13.0 Å². The van der Waals surface area contributed by atoms with Crippen molar-refractivity contribution in [2.45, 2.75) is 25.4 Å². The maximum atomic E-state index is 11.7. The average Bonchev–Trinajstić information content (AvgIpc) is 3.23. The summed E-state index contributed by atoms with van der Waals surface area (Å²) in [6, 6.07) is 17.2. The first-order chi connectivity index (χ1) is 14.0. The summed E-state index contributed by atoms with van der Waals surface area (Å²) in [5.41, 5.74) is 4.36. The van der Waals surface area contributed by atoms with Crippen molar-refractivity contribution < 1.29 is 9.53 Å². The maximum Gasteiger partial charge on any atom is 0.226 e. The molecule has 156 valence electrons. The quantitative estimate of drug-likeness (QED) is 0.680. The van der Waals surface area contributed by atoms with Crippen LogP contribution in [0.3, 0.4) is 0 Å². The number of benzene rings is 2. The van der Waals surface area contributed by atoms with E-state index >= 15 is 0 Å². The zero-order valence-corrected chi connectivity index (χ0v) is 17.6. The zero-order chi connectivity index (χ0) is 20.6. The molecule has 2 N–H and O–H groups in total. The van der Waals surface area contributed by atoms with Crippen LogP contribution in [0.1, 0.15) is 18.4 Å². The van der Waals surface area contributed by atoms with E-state index in [0.717, 1.165) is 36.6 Å². The third-order valence-electron chi connectivity index (χ3n) is 5.39. The van der Waals surface area contributed by atoms with Gasteiger partial charge < -0.3 is 25.2 Å². The molecule has 1 aliphatic rings. The first-order valence-electron chi connectivity index (χ1n) is 10.2. The third kappa shape index (κ3) is 6.21. The summed E-state index contributed by atoms with van der Waals surface area (Å²) < 4.78 is 4.92. The van der Waals surface area contributed by atoms with Crippen LogP contribution in [0.25, 0.3) is 0 Å². The molecule has 1 heterocycles. The summed E-state index contributed by atoms with van der Waals surface area (Å²) in [6.07, 6.45) is 1.58. The molecule has 0 spiro atoms. The van der Waals surface area contributed by atoms with E-state index in [4.69, 9.17) is 4.74 Å². The third-order valence-corrected chi connectivity index (χ3v) is 5.39. The molecule has 1 fully saturated rings. The van der Waals surface area contributed by atoms with Crippen LogP contribution in [-0.4, -0.2) is 57.8 Å². The molecule has 0 aliphatic carbocycles. The number of hydrogen-bond acceptors (Lipinski definition) is 5. The lowest BCUT2D eigenvalue weighted by Gasteiger charge is -2.22. The molecule has 2 aromatic carbocycles. The molecular weight excluding hydrogens is 364 g/mol. The Morgan fingerprint density at radius 3 is 2.41 bits per heavy atom. The van der Waals surface area contributed by atoms with Crippen molar-refractivity contribution in [1.82, 2.24) is 4.90 Å². The normalized spacial score (nSPS) is 16.3. The van der Waals surface area contributed by atoms with Crippen LogP contribution in [0, 0.1) is 0 Å². The molecule has 0 saturated carbocycles. The van der Waals surface area contributed by atoms with Gasteiger partial charge in [0.15, 0.2) is 0 Å².